The van der Waals surface area contributed by atoms with Crippen LogP contribution in [-0.4, -0.2) is 29.1 Å². The van der Waals surface area contributed by atoms with Gasteiger partial charge in [-0.1, -0.05) is 0 Å². The topological polar surface area (TPSA) is 144 Å². The quantitative estimate of drug-likeness (QED) is 0.184. The average molecular weight is 190 g/mol. The molecule has 0 fully saturated rings. The van der Waals surface area contributed by atoms with Crippen molar-refractivity contribution in [1.82, 2.24) is 5.43 Å². The second-order valence-electron chi connectivity index (χ2n) is 2.64. The standard InChI is InChI=1S/C6H14N4O3/c7-3(5(11)10-9)1-2-4(8)6(12)13/h3-4H,1-2,7-9H2,(H,10,11)(H,12,13)/t3?,4-/m0/s1. The fourth-order valence-electron chi connectivity index (χ4n) is 0.721. The number of hydrogen-bond acceptors (Lipinski definition) is 5. The smallest absolute Gasteiger partial charge is 0.320 e. The van der Waals surface area contributed by atoms with E-state index in [1.54, 1.807) is 0 Å². The lowest BCUT2D eigenvalue weighted by atomic mass is 10.1. The van der Waals surface area contributed by atoms with Gasteiger partial charge >= 0.3 is 5.97 Å². The van der Waals surface area contributed by atoms with E-state index in [4.69, 9.17) is 22.4 Å². The first-order chi connectivity index (χ1) is 5.99. The van der Waals surface area contributed by atoms with E-state index in [1.165, 1.54) is 0 Å². The first-order valence-electron chi connectivity index (χ1n) is 3.73. The molecule has 0 aromatic rings. The zero-order valence-electron chi connectivity index (χ0n) is 7.06. The van der Waals surface area contributed by atoms with Gasteiger partial charge < -0.3 is 16.6 Å². The van der Waals surface area contributed by atoms with Crippen molar-refractivity contribution < 1.29 is 14.7 Å². The van der Waals surface area contributed by atoms with Gasteiger partial charge in [-0.2, -0.15) is 0 Å². The molecule has 0 aliphatic carbocycles. The number of nitrogens with one attached hydrogen (secondary N) is 1. The Labute approximate surface area is 75.2 Å². The van der Waals surface area contributed by atoms with Gasteiger partial charge in [-0.25, -0.2) is 5.84 Å². The maximum absolute atomic E-state index is 10.7. The number of hydrazine groups is 1. The van der Waals surface area contributed by atoms with Crippen LogP contribution >= 0.6 is 0 Å². The molecule has 0 aromatic carbocycles. The molecule has 0 bridgehead atoms. The van der Waals surface area contributed by atoms with E-state index in [0.29, 0.717) is 0 Å². The van der Waals surface area contributed by atoms with Gasteiger partial charge in [0.1, 0.15) is 6.04 Å². The molecule has 76 valence electrons. The molecule has 0 spiro atoms. The molecular formula is C6H14N4O3. The van der Waals surface area contributed by atoms with Gasteiger partial charge in [-0.3, -0.25) is 15.0 Å². The van der Waals surface area contributed by atoms with E-state index in [1.807, 2.05) is 5.43 Å². The van der Waals surface area contributed by atoms with Gasteiger partial charge in [0.15, 0.2) is 0 Å². The number of carbonyl (C=O) groups is 2. The van der Waals surface area contributed by atoms with Crippen molar-refractivity contribution in [3.05, 3.63) is 0 Å². The van der Waals surface area contributed by atoms with Crippen molar-refractivity contribution in [2.45, 2.75) is 24.9 Å². The average Bonchev–Trinajstić information content (AvgIpc) is 2.11. The molecule has 0 rings (SSSR count). The second-order valence-corrected chi connectivity index (χ2v) is 2.64. The summed E-state index contributed by atoms with van der Waals surface area (Å²) in [6.07, 6.45) is 0.334. The zero-order chi connectivity index (χ0) is 10.4. The summed E-state index contributed by atoms with van der Waals surface area (Å²) in [6, 6.07) is -1.80. The summed E-state index contributed by atoms with van der Waals surface area (Å²) in [5.74, 6) is 3.17. The van der Waals surface area contributed by atoms with Crippen molar-refractivity contribution in [1.29, 1.82) is 0 Å². The molecule has 1 amide bonds. The van der Waals surface area contributed by atoms with Crippen molar-refractivity contribution in [3.8, 4) is 0 Å². The molecule has 2 atom stereocenters. The Bertz CT molecular complexity index is 196. The number of nitrogens with two attached hydrogens (primary N) is 3. The van der Waals surface area contributed by atoms with E-state index in [0.717, 1.165) is 0 Å². The van der Waals surface area contributed by atoms with Gasteiger partial charge in [0, 0.05) is 0 Å². The summed E-state index contributed by atoms with van der Waals surface area (Å²) < 4.78 is 0. The Morgan fingerprint density at radius 2 is 1.69 bits per heavy atom. The number of carboxylic acid groups (broad SMARTS) is 1. The third kappa shape index (κ3) is 4.41. The Balaban J connectivity index is 3.76. The normalized spacial score (nSPS) is 14.7. The van der Waals surface area contributed by atoms with Crippen molar-refractivity contribution in [2.75, 3.05) is 0 Å². The molecule has 8 N–H and O–H groups in total. The van der Waals surface area contributed by atoms with Crippen molar-refractivity contribution >= 4 is 11.9 Å². The van der Waals surface area contributed by atoms with Crippen LogP contribution in [0.25, 0.3) is 0 Å². The van der Waals surface area contributed by atoms with Crippen LogP contribution in [0.15, 0.2) is 0 Å². The Hall–Kier alpha value is -1.18. The third-order valence-corrected chi connectivity index (χ3v) is 1.58. The maximum Gasteiger partial charge on any atom is 0.320 e. The fourth-order valence-corrected chi connectivity index (χ4v) is 0.721. The summed E-state index contributed by atoms with van der Waals surface area (Å²) in [7, 11) is 0. The summed E-state index contributed by atoms with van der Waals surface area (Å²) >= 11 is 0. The first-order valence-corrected chi connectivity index (χ1v) is 3.73. The fraction of sp³-hybridized carbons (Fsp3) is 0.667. The van der Waals surface area contributed by atoms with Crippen LogP contribution in [0.5, 0.6) is 0 Å². The van der Waals surface area contributed by atoms with E-state index in [9.17, 15) is 9.59 Å². The minimum absolute atomic E-state index is 0.143. The highest BCUT2D eigenvalue weighted by atomic mass is 16.4. The number of carboxylic acids is 1. The van der Waals surface area contributed by atoms with Crippen LogP contribution < -0.4 is 22.7 Å². The molecule has 0 aliphatic rings. The summed E-state index contributed by atoms with van der Waals surface area (Å²) in [5, 5.41) is 8.40. The number of carbonyl (C=O) groups excluding carboxylic acids is 1. The Morgan fingerprint density at radius 3 is 2.08 bits per heavy atom. The molecule has 0 aliphatic heterocycles. The predicted octanol–water partition coefficient (Wildman–Crippen LogP) is -2.50. The van der Waals surface area contributed by atoms with Crippen LogP contribution in [0.1, 0.15) is 12.8 Å². The van der Waals surface area contributed by atoms with E-state index in [2.05, 4.69) is 0 Å². The molecule has 1 unspecified atom stereocenters. The third-order valence-electron chi connectivity index (χ3n) is 1.58. The van der Waals surface area contributed by atoms with Crippen LogP contribution in [0.4, 0.5) is 0 Å². The van der Waals surface area contributed by atoms with Gasteiger partial charge in [0.05, 0.1) is 6.04 Å². The Morgan fingerprint density at radius 1 is 1.23 bits per heavy atom. The van der Waals surface area contributed by atoms with Crippen LogP contribution in [0.2, 0.25) is 0 Å². The molecular weight excluding hydrogens is 176 g/mol. The maximum atomic E-state index is 10.7. The minimum atomic E-state index is -1.11. The van der Waals surface area contributed by atoms with Crippen molar-refractivity contribution in [2.24, 2.45) is 17.3 Å². The van der Waals surface area contributed by atoms with Gasteiger partial charge in [0.25, 0.3) is 5.91 Å². The van der Waals surface area contributed by atoms with E-state index >= 15 is 0 Å². The SMILES string of the molecule is NNC(=O)C(N)CC[C@H](N)C(=O)O. The van der Waals surface area contributed by atoms with Crippen molar-refractivity contribution in [3.63, 3.8) is 0 Å². The zero-order valence-corrected chi connectivity index (χ0v) is 7.06. The Kier molecular flexibility index (Phi) is 4.97. The highest BCUT2D eigenvalue weighted by Gasteiger charge is 2.16. The highest BCUT2D eigenvalue weighted by molar-refractivity contribution is 5.81. The van der Waals surface area contributed by atoms with Gasteiger partial charge in [0.2, 0.25) is 0 Å². The summed E-state index contributed by atoms with van der Waals surface area (Å²) in [6.45, 7) is 0. The number of aliphatic carboxylic acids is 1. The number of rotatable bonds is 5. The van der Waals surface area contributed by atoms with Crippen LogP contribution in [0, 0.1) is 0 Å². The molecule has 7 heteroatoms. The van der Waals surface area contributed by atoms with Crippen LogP contribution in [0.3, 0.4) is 0 Å². The second kappa shape index (κ2) is 5.46. The largest absolute Gasteiger partial charge is 0.480 e. The minimum Gasteiger partial charge on any atom is -0.480 e. The number of amides is 1. The van der Waals surface area contributed by atoms with Gasteiger partial charge in [-0.05, 0) is 12.8 Å². The van der Waals surface area contributed by atoms with E-state index in [-0.39, 0.29) is 12.8 Å². The molecule has 0 radical (unpaired) electrons. The highest BCUT2D eigenvalue weighted by Crippen LogP contribution is 1.98. The molecule has 0 heterocycles. The summed E-state index contributed by atoms with van der Waals surface area (Å²) in [5.41, 5.74) is 12.4. The van der Waals surface area contributed by atoms with E-state index < -0.39 is 24.0 Å². The molecule has 7 nitrogen and oxygen atoms in total. The molecule has 0 saturated heterocycles. The molecule has 0 aromatic heterocycles. The monoisotopic (exact) mass is 190 g/mol. The lowest BCUT2D eigenvalue weighted by Gasteiger charge is -2.11. The van der Waals surface area contributed by atoms with Crippen LogP contribution in [-0.2, 0) is 9.59 Å². The van der Waals surface area contributed by atoms with Gasteiger partial charge in [-0.15, -0.1) is 0 Å². The summed E-state index contributed by atoms with van der Waals surface area (Å²) in [4.78, 5) is 21.0. The first kappa shape index (κ1) is 11.8. The molecule has 13 heavy (non-hydrogen) atoms. The number of hydrogen-bond donors (Lipinski definition) is 5. The lowest BCUT2D eigenvalue weighted by Crippen LogP contribution is -2.45. The lowest BCUT2D eigenvalue weighted by molar-refractivity contribution is -0.138. The molecule has 0 saturated carbocycles. The predicted molar refractivity (Wildman–Crippen MR) is 45.2 cm³/mol.